The quantitative estimate of drug-likeness (QED) is 0.828. The third-order valence-corrected chi connectivity index (χ3v) is 4.27. The van der Waals surface area contributed by atoms with Crippen LogP contribution in [0.15, 0.2) is 29.6 Å². The number of hydrogen-bond donors (Lipinski definition) is 1. The summed E-state index contributed by atoms with van der Waals surface area (Å²) in [5.74, 6) is 0.661. The zero-order chi connectivity index (χ0) is 15.2. The van der Waals surface area contributed by atoms with Gasteiger partial charge in [-0.25, -0.2) is 4.98 Å². The van der Waals surface area contributed by atoms with E-state index in [4.69, 9.17) is 11.6 Å². The number of halogens is 1. The highest BCUT2D eigenvalue weighted by atomic mass is 35.5. The van der Waals surface area contributed by atoms with Gasteiger partial charge in [-0.3, -0.25) is 0 Å². The van der Waals surface area contributed by atoms with Crippen molar-refractivity contribution in [2.45, 2.75) is 26.9 Å². The van der Waals surface area contributed by atoms with E-state index in [1.165, 1.54) is 5.56 Å². The third-order valence-electron chi connectivity index (χ3n) is 3.03. The number of hydrogen-bond acceptors (Lipinski definition) is 4. The molecule has 0 aliphatic rings. The van der Waals surface area contributed by atoms with E-state index >= 15 is 0 Å². The van der Waals surface area contributed by atoms with Crippen LogP contribution >= 0.6 is 22.9 Å². The fourth-order valence-electron chi connectivity index (χ4n) is 2.02. The molecule has 0 fully saturated rings. The molecule has 0 bridgehead atoms. The van der Waals surface area contributed by atoms with Gasteiger partial charge in [-0.1, -0.05) is 37.6 Å². The van der Waals surface area contributed by atoms with Crippen LogP contribution in [0.5, 0.6) is 0 Å². The van der Waals surface area contributed by atoms with Crippen LogP contribution in [-0.2, 0) is 13.1 Å². The van der Waals surface area contributed by atoms with E-state index in [1.807, 2.05) is 18.2 Å². The molecule has 0 radical (unpaired) electrons. The number of aromatic nitrogens is 1. The van der Waals surface area contributed by atoms with Crippen molar-refractivity contribution >= 4 is 28.1 Å². The maximum atomic E-state index is 6.02. The van der Waals surface area contributed by atoms with Crippen molar-refractivity contribution in [1.82, 2.24) is 10.3 Å². The van der Waals surface area contributed by atoms with Gasteiger partial charge in [-0.2, -0.15) is 0 Å². The number of nitrogens with one attached hydrogen (secondary N) is 1. The first kappa shape index (κ1) is 16.3. The molecule has 0 spiro atoms. The fraction of sp³-hybridized carbons (Fsp3) is 0.438. The summed E-state index contributed by atoms with van der Waals surface area (Å²) in [7, 11) is 2.06. The molecule has 1 aromatic carbocycles. The summed E-state index contributed by atoms with van der Waals surface area (Å²) in [6, 6.07) is 7.96. The Morgan fingerprint density at radius 1 is 1.38 bits per heavy atom. The molecule has 114 valence electrons. The second-order valence-corrected chi connectivity index (χ2v) is 6.91. The van der Waals surface area contributed by atoms with Crippen LogP contribution in [-0.4, -0.2) is 18.6 Å². The van der Waals surface area contributed by atoms with E-state index in [-0.39, 0.29) is 0 Å². The summed E-state index contributed by atoms with van der Waals surface area (Å²) in [6.07, 6.45) is 0. The smallest absolute Gasteiger partial charge is 0.185 e. The molecular formula is C16H22ClN3S. The van der Waals surface area contributed by atoms with E-state index in [1.54, 1.807) is 11.3 Å². The van der Waals surface area contributed by atoms with E-state index in [2.05, 4.69) is 47.5 Å². The van der Waals surface area contributed by atoms with Gasteiger partial charge >= 0.3 is 0 Å². The molecule has 0 unspecified atom stereocenters. The Hall–Kier alpha value is -1.10. The van der Waals surface area contributed by atoms with Crippen LogP contribution in [0.1, 0.15) is 25.1 Å². The summed E-state index contributed by atoms with van der Waals surface area (Å²) >= 11 is 7.70. The maximum absolute atomic E-state index is 6.02. The maximum Gasteiger partial charge on any atom is 0.185 e. The first-order valence-electron chi connectivity index (χ1n) is 7.15. The van der Waals surface area contributed by atoms with Gasteiger partial charge in [-0.15, -0.1) is 11.3 Å². The number of nitrogens with zero attached hydrogens (tertiary/aromatic N) is 2. The summed E-state index contributed by atoms with van der Waals surface area (Å²) in [6.45, 7) is 7.08. The summed E-state index contributed by atoms with van der Waals surface area (Å²) < 4.78 is 0. The van der Waals surface area contributed by atoms with E-state index < -0.39 is 0 Å². The van der Waals surface area contributed by atoms with Gasteiger partial charge in [0.2, 0.25) is 0 Å². The predicted octanol–water partition coefficient (Wildman–Crippen LogP) is 4.18. The van der Waals surface area contributed by atoms with Gasteiger partial charge in [0.1, 0.15) is 0 Å². The van der Waals surface area contributed by atoms with Gasteiger partial charge in [0.15, 0.2) is 5.13 Å². The van der Waals surface area contributed by atoms with Crippen molar-refractivity contribution < 1.29 is 0 Å². The third kappa shape index (κ3) is 5.30. The zero-order valence-corrected chi connectivity index (χ0v) is 14.3. The van der Waals surface area contributed by atoms with Crippen LogP contribution in [0.3, 0.4) is 0 Å². The van der Waals surface area contributed by atoms with Crippen molar-refractivity contribution in [2.75, 3.05) is 18.5 Å². The Balaban J connectivity index is 1.91. The molecule has 1 N–H and O–H groups in total. The lowest BCUT2D eigenvalue weighted by Gasteiger charge is -2.15. The van der Waals surface area contributed by atoms with Crippen molar-refractivity contribution in [3.63, 3.8) is 0 Å². The van der Waals surface area contributed by atoms with Crippen molar-refractivity contribution in [2.24, 2.45) is 5.92 Å². The molecule has 1 heterocycles. The Labute approximate surface area is 136 Å². The van der Waals surface area contributed by atoms with E-state index in [0.29, 0.717) is 5.92 Å². The summed E-state index contributed by atoms with van der Waals surface area (Å²) in [5.41, 5.74) is 2.30. The molecule has 21 heavy (non-hydrogen) atoms. The van der Waals surface area contributed by atoms with Gasteiger partial charge < -0.3 is 10.2 Å². The van der Waals surface area contributed by atoms with Crippen LogP contribution < -0.4 is 10.2 Å². The molecule has 3 nitrogen and oxygen atoms in total. The van der Waals surface area contributed by atoms with Crippen LogP contribution in [0.4, 0.5) is 5.13 Å². The molecular weight excluding hydrogens is 302 g/mol. The molecule has 0 saturated heterocycles. The van der Waals surface area contributed by atoms with Gasteiger partial charge in [0.05, 0.1) is 5.69 Å². The number of rotatable bonds is 7. The molecule has 0 amide bonds. The lowest BCUT2D eigenvalue weighted by molar-refractivity contribution is 0.549. The van der Waals surface area contributed by atoms with Crippen molar-refractivity contribution in [3.8, 4) is 0 Å². The fourth-order valence-corrected chi connectivity index (χ4v) is 3.02. The number of thiazole rings is 1. The molecule has 0 aliphatic heterocycles. The summed E-state index contributed by atoms with van der Waals surface area (Å²) in [5, 5.41) is 7.36. The SMILES string of the molecule is CC(C)CNCc1csc(N(C)Cc2cccc(Cl)c2)n1. The Kier molecular flexibility index (Phi) is 6.03. The molecule has 2 rings (SSSR count). The minimum absolute atomic E-state index is 0.661. The normalized spacial score (nSPS) is 11.1. The average molecular weight is 324 g/mol. The topological polar surface area (TPSA) is 28.2 Å². The van der Waals surface area contributed by atoms with Gasteiger partial charge in [0, 0.05) is 30.5 Å². The Morgan fingerprint density at radius 2 is 2.19 bits per heavy atom. The first-order chi connectivity index (χ1) is 10.0. The lowest BCUT2D eigenvalue weighted by Crippen LogP contribution is -2.19. The Morgan fingerprint density at radius 3 is 2.90 bits per heavy atom. The highest BCUT2D eigenvalue weighted by molar-refractivity contribution is 7.13. The minimum Gasteiger partial charge on any atom is -0.347 e. The highest BCUT2D eigenvalue weighted by Gasteiger charge is 2.08. The molecule has 0 aliphatic carbocycles. The van der Waals surface area contributed by atoms with Crippen LogP contribution in [0.2, 0.25) is 5.02 Å². The first-order valence-corrected chi connectivity index (χ1v) is 8.41. The van der Waals surface area contributed by atoms with Gasteiger partial charge in [-0.05, 0) is 30.2 Å². The van der Waals surface area contributed by atoms with Crippen LogP contribution in [0, 0.1) is 5.92 Å². The predicted molar refractivity (Wildman–Crippen MR) is 92.2 cm³/mol. The minimum atomic E-state index is 0.661. The Bertz CT molecular complexity index is 568. The number of benzene rings is 1. The van der Waals surface area contributed by atoms with E-state index in [9.17, 15) is 0 Å². The summed E-state index contributed by atoms with van der Waals surface area (Å²) in [4.78, 5) is 6.83. The average Bonchev–Trinajstić information content (AvgIpc) is 2.87. The number of anilines is 1. The molecule has 2 aromatic rings. The zero-order valence-electron chi connectivity index (χ0n) is 12.8. The van der Waals surface area contributed by atoms with Crippen molar-refractivity contribution in [3.05, 3.63) is 45.9 Å². The van der Waals surface area contributed by atoms with Crippen LogP contribution in [0.25, 0.3) is 0 Å². The molecule has 5 heteroatoms. The van der Waals surface area contributed by atoms with Crippen molar-refractivity contribution in [1.29, 1.82) is 0 Å². The van der Waals surface area contributed by atoms with Gasteiger partial charge in [0.25, 0.3) is 0 Å². The largest absolute Gasteiger partial charge is 0.347 e. The second-order valence-electron chi connectivity index (χ2n) is 5.63. The molecule has 0 saturated carbocycles. The molecule has 1 aromatic heterocycles. The second kappa shape index (κ2) is 7.78. The molecule has 0 atom stereocenters. The highest BCUT2D eigenvalue weighted by Crippen LogP contribution is 2.22. The standard InChI is InChI=1S/C16H22ClN3S/c1-12(2)8-18-9-15-11-21-16(19-15)20(3)10-13-5-4-6-14(17)7-13/h4-7,11-12,18H,8-10H2,1-3H3. The van der Waals surface area contributed by atoms with E-state index in [0.717, 1.165) is 35.5 Å². The lowest BCUT2D eigenvalue weighted by atomic mass is 10.2. The monoisotopic (exact) mass is 323 g/mol.